The molecule has 0 heterocycles. The molecule has 0 aliphatic carbocycles. The normalized spacial score (nSPS) is 10.2. The Kier molecular flexibility index (Phi) is 9.63. The zero-order valence-electron chi connectivity index (χ0n) is 11.8. The van der Waals surface area contributed by atoms with Crippen molar-refractivity contribution in [3.05, 3.63) is 24.3 Å². The molecule has 0 aliphatic rings. The van der Waals surface area contributed by atoms with E-state index in [2.05, 4.69) is 23.8 Å². The van der Waals surface area contributed by atoms with Gasteiger partial charge in [0, 0.05) is 24.2 Å². The van der Waals surface area contributed by atoms with E-state index in [1.807, 2.05) is 0 Å². The summed E-state index contributed by atoms with van der Waals surface area (Å²) in [5, 5.41) is 5.05. The van der Waals surface area contributed by atoms with Gasteiger partial charge in [0.15, 0.2) is 0 Å². The zero-order chi connectivity index (χ0) is 15.5. The van der Waals surface area contributed by atoms with Crippen LogP contribution in [0, 0.1) is 0 Å². The summed E-state index contributed by atoms with van der Waals surface area (Å²) in [4.78, 5) is 22.2. The van der Waals surface area contributed by atoms with E-state index in [0.29, 0.717) is 11.1 Å². The Morgan fingerprint density at radius 1 is 0.950 bits per heavy atom. The summed E-state index contributed by atoms with van der Waals surface area (Å²) < 4.78 is 21.0. The van der Waals surface area contributed by atoms with Gasteiger partial charge < -0.3 is 19.7 Å². The van der Waals surface area contributed by atoms with E-state index in [1.165, 1.54) is 0 Å². The summed E-state index contributed by atoms with van der Waals surface area (Å²) in [5.41, 5.74) is 0.782. The summed E-state index contributed by atoms with van der Waals surface area (Å²) in [5.74, 6) is -0.562. The molecule has 2 N–H and O–H groups in total. The third-order valence-corrected chi connectivity index (χ3v) is 2.87. The van der Waals surface area contributed by atoms with Gasteiger partial charge in [-0.25, -0.2) is 0 Å². The van der Waals surface area contributed by atoms with Crippen molar-refractivity contribution in [1.29, 1.82) is 0 Å². The van der Waals surface area contributed by atoms with Crippen molar-refractivity contribution in [1.82, 2.24) is 10.6 Å². The Balaban J connectivity index is 3.55. The van der Waals surface area contributed by atoms with Crippen LogP contribution in [0.15, 0.2) is 24.3 Å². The molecule has 0 spiro atoms. The minimum absolute atomic E-state index is 0.0783. The van der Waals surface area contributed by atoms with Crippen LogP contribution in [0.5, 0.6) is 0 Å². The minimum Gasteiger partial charge on any atom is -0.350 e. The molecule has 0 aliphatic heterocycles. The monoisotopic (exact) mass is 304 g/mol. The molecule has 0 saturated heterocycles. The minimum atomic E-state index is -2.62. The van der Waals surface area contributed by atoms with Crippen LogP contribution in [0.25, 0.3) is 0 Å². The van der Waals surface area contributed by atoms with Crippen molar-refractivity contribution in [2.24, 2.45) is 0 Å². The zero-order valence-corrected chi connectivity index (χ0v) is 12.8. The van der Waals surface area contributed by atoms with Crippen molar-refractivity contribution in [2.75, 3.05) is 26.3 Å². The molecule has 0 aromatic rings. The largest absolute Gasteiger partial charge is 0.350 e. The average Bonchev–Trinajstić information content (AvgIpc) is 2.38. The van der Waals surface area contributed by atoms with Gasteiger partial charge in [0.05, 0.1) is 13.2 Å². The Morgan fingerprint density at radius 3 is 1.60 bits per heavy atom. The number of carbonyl (C=O) groups is 2. The molecule has 0 unspecified atom stereocenters. The van der Waals surface area contributed by atoms with Crippen LogP contribution < -0.4 is 10.6 Å². The lowest BCUT2D eigenvalue weighted by molar-refractivity contribution is -0.118. The summed E-state index contributed by atoms with van der Waals surface area (Å²) in [6.45, 7) is 10.7. The maximum atomic E-state index is 11.3. The Morgan fingerprint density at radius 2 is 1.30 bits per heavy atom. The molecule has 8 heteroatoms. The van der Waals surface area contributed by atoms with Gasteiger partial charge in [0.25, 0.3) is 0 Å². The standard InChI is InChI=1S/C12H21N2O5P/c1-9(2)11(15)13-5-7-18-20(17)19-8-6-14-12(16)10(3)4/h20H,1,3,5-8H2,2,4H3,(H,13,15)(H,14,16). The highest BCUT2D eigenvalue weighted by atomic mass is 31.1. The SMILES string of the molecule is C=C(C)C(=O)NCCO[PH](=O)OCCNC(=O)C(=C)C. The third-order valence-electron chi connectivity index (χ3n) is 1.99. The number of carbonyl (C=O) groups excluding carboxylic acids is 2. The van der Waals surface area contributed by atoms with Gasteiger partial charge in [-0.05, 0) is 13.8 Å². The molecule has 114 valence electrons. The second-order valence-corrected chi connectivity index (χ2v) is 5.10. The van der Waals surface area contributed by atoms with Gasteiger partial charge >= 0.3 is 8.25 Å². The molecule has 20 heavy (non-hydrogen) atoms. The first kappa shape index (κ1) is 18.6. The van der Waals surface area contributed by atoms with Crippen molar-refractivity contribution in [3.8, 4) is 0 Å². The maximum Gasteiger partial charge on any atom is 0.319 e. The molecule has 0 radical (unpaired) electrons. The predicted octanol–water partition coefficient (Wildman–Crippen LogP) is 0.794. The second kappa shape index (κ2) is 10.4. The fourth-order valence-electron chi connectivity index (χ4n) is 0.941. The molecule has 2 amide bonds. The smallest absolute Gasteiger partial charge is 0.319 e. The van der Waals surface area contributed by atoms with Gasteiger partial charge in [-0.3, -0.25) is 14.2 Å². The van der Waals surface area contributed by atoms with Crippen molar-refractivity contribution >= 4 is 20.1 Å². The first-order valence-corrected chi connectivity index (χ1v) is 7.24. The topological polar surface area (TPSA) is 93.7 Å². The number of amides is 2. The van der Waals surface area contributed by atoms with Gasteiger partial charge in [0.1, 0.15) is 0 Å². The van der Waals surface area contributed by atoms with E-state index >= 15 is 0 Å². The van der Waals surface area contributed by atoms with Gasteiger partial charge in [-0.1, -0.05) is 13.2 Å². The Labute approximate surface area is 119 Å². The van der Waals surface area contributed by atoms with E-state index in [4.69, 9.17) is 9.05 Å². The van der Waals surface area contributed by atoms with Crippen LogP contribution in [0.2, 0.25) is 0 Å². The Bertz CT molecular complexity index is 373. The lowest BCUT2D eigenvalue weighted by atomic mass is 10.3. The Hall–Kier alpha value is -1.43. The molecule has 0 bridgehead atoms. The van der Waals surface area contributed by atoms with Gasteiger partial charge in [-0.15, -0.1) is 0 Å². The summed E-state index contributed by atoms with van der Waals surface area (Å²) >= 11 is 0. The van der Waals surface area contributed by atoms with Crippen molar-refractivity contribution in [3.63, 3.8) is 0 Å². The van der Waals surface area contributed by atoms with Crippen LogP contribution in [0.4, 0.5) is 0 Å². The maximum absolute atomic E-state index is 11.3. The number of rotatable bonds is 10. The molecular weight excluding hydrogens is 283 g/mol. The lowest BCUT2D eigenvalue weighted by Crippen LogP contribution is -2.27. The summed E-state index contributed by atoms with van der Waals surface area (Å²) in [6.07, 6.45) is 0. The highest BCUT2D eigenvalue weighted by Crippen LogP contribution is 2.22. The van der Waals surface area contributed by atoms with Crippen molar-refractivity contribution in [2.45, 2.75) is 13.8 Å². The number of nitrogens with one attached hydrogen (secondary N) is 2. The molecule has 0 atom stereocenters. The molecule has 0 saturated carbocycles. The fourth-order valence-corrected chi connectivity index (χ4v) is 1.56. The van der Waals surface area contributed by atoms with E-state index in [1.54, 1.807) is 13.8 Å². The fraction of sp³-hybridized carbons (Fsp3) is 0.500. The van der Waals surface area contributed by atoms with E-state index in [0.717, 1.165) is 0 Å². The van der Waals surface area contributed by atoms with Crippen molar-refractivity contribution < 1.29 is 23.2 Å². The molecule has 0 aromatic heterocycles. The van der Waals surface area contributed by atoms with Crippen LogP contribution in [-0.2, 0) is 23.2 Å². The summed E-state index contributed by atoms with van der Waals surface area (Å²) in [7, 11) is -2.62. The van der Waals surface area contributed by atoms with Crippen LogP contribution in [0.3, 0.4) is 0 Å². The molecule has 0 aromatic carbocycles. The first-order valence-electron chi connectivity index (χ1n) is 6.01. The molecule has 7 nitrogen and oxygen atoms in total. The molecule has 0 rings (SSSR count). The van der Waals surface area contributed by atoms with E-state index < -0.39 is 8.25 Å². The predicted molar refractivity (Wildman–Crippen MR) is 76.6 cm³/mol. The lowest BCUT2D eigenvalue weighted by Gasteiger charge is -2.07. The second-order valence-electron chi connectivity index (χ2n) is 4.02. The molecular formula is C12H21N2O5P. The van der Waals surface area contributed by atoms with Crippen LogP contribution >= 0.6 is 8.25 Å². The summed E-state index contributed by atoms with van der Waals surface area (Å²) in [6, 6.07) is 0. The number of hydrogen-bond donors (Lipinski definition) is 2. The van der Waals surface area contributed by atoms with Gasteiger partial charge in [-0.2, -0.15) is 0 Å². The quantitative estimate of drug-likeness (QED) is 0.353. The number of hydrogen-bond acceptors (Lipinski definition) is 5. The van der Waals surface area contributed by atoms with Crippen LogP contribution in [0.1, 0.15) is 13.8 Å². The highest BCUT2D eigenvalue weighted by molar-refractivity contribution is 7.33. The first-order chi connectivity index (χ1) is 9.34. The third kappa shape index (κ3) is 9.49. The molecule has 0 fully saturated rings. The van der Waals surface area contributed by atoms with E-state index in [-0.39, 0.29) is 38.1 Å². The van der Waals surface area contributed by atoms with Gasteiger partial charge in [0.2, 0.25) is 11.8 Å². The highest BCUT2D eigenvalue weighted by Gasteiger charge is 2.04. The average molecular weight is 304 g/mol. The van der Waals surface area contributed by atoms with E-state index in [9.17, 15) is 14.2 Å². The van der Waals surface area contributed by atoms with Crippen LogP contribution in [-0.4, -0.2) is 38.1 Å².